The second-order valence-corrected chi connectivity index (χ2v) is 7.43. The third-order valence-corrected chi connectivity index (χ3v) is 5.39. The zero-order valence-corrected chi connectivity index (χ0v) is 15.4. The Morgan fingerprint density at radius 1 is 1.11 bits per heavy atom. The van der Waals surface area contributed by atoms with Gasteiger partial charge in [0.05, 0.1) is 19.0 Å². The molecule has 4 rings (SSSR count). The van der Waals surface area contributed by atoms with Crippen LogP contribution >= 0.6 is 0 Å². The summed E-state index contributed by atoms with van der Waals surface area (Å²) in [6.45, 7) is 1.82. The Bertz CT molecular complexity index is 1110. The number of nitrogens with zero attached hydrogens (tertiary/aromatic N) is 1. The molecule has 3 aromatic rings. The highest BCUT2D eigenvalue weighted by atomic mass is 32.2. The van der Waals surface area contributed by atoms with Gasteiger partial charge in [-0.2, -0.15) is 0 Å². The van der Waals surface area contributed by atoms with E-state index in [0.29, 0.717) is 34.4 Å². The van der Waals surface area contributed by atoms with E-state index in [-0.39, 0.29) is 17.4 Å². The zero-order valence-electron chi connectivity index (χ0n) is 14.6. The number of aryl methyl sites for hydroxylation is 1. The van der Waals surface area contributed by atoms with Crippen LogP contribution in [0.5, 0.6) is 17.2 Å². The smallest absolute Gasteiger partial charge is 0.265 e. The van der Waals surface area contributed by atoms with Crippen LogP contribution in [-0.2, 0) is 10.0 Å². The molecule has 1 N–H and O–H groups in total. The number of aromatic nitrogens is 1. The maximum absolute atomic E-state index is 13.0. The van der Waals surface area contributed by atoms with E-state index in [2.05, 4.69) is 9.71 Å². The van der Waals surface area contributed by atoms with Gasteiger partial charge in [-0.1, -0.05) is 0 Å². The highest BCUT2D eigenvalue weighted by molar-refractivity contribution is 7.92. The molecule has 27 heavy (non-hydrogen) atoms. The molecule has 2 heterocycles. The van der Waals surface area contributed by atoms with Gasteiger partial charge in [-0.05, 0) is 30.3 Å². The predicted molar refractivity (Wildman–Crippen MR) is 96.6 cm³/mol. The summed E-state index contributed by atoms with van der Waals surface area (Å²) in [6.07, 6.45) is 1.54. The number of hydrogen-bond donors (Lipinski definition) is 1. The number of methoxy groups -OCH3 is 1. The molecule has 8 nitrogen and oxygen atoms in total. The fourth-order valence-corrected chi connectivity index (χ4v) is 3.95. The highest BCUT2D eigenvalue weighted by Crippen LogP contribution is 2.36. The number of benzene rings is 2. The Morgan fingerprint density at radius 2 is 1.93 bits per heavy atom. The van der Waals surface area contributed by atoms with Gasteiger partial charge in [0.2, 0.25) is 6.79 Å². The van der Waals surface area contributed by atoms with Crippen molar-refractivity contribution in [3.8, 4) is 28.6 Å². The van der Waals surface area contributed by atoms with Crippen LogP contribution in [0.2, 0.25) is 0 Å². The van der Waals surface area contributed by atoms with E-state index in [1.54, 1.807) is 43.5 Å². The standard InChI is InChI=1S/C18H16N2O6S/c1-11-19-9-17(26-11)12-3-5-15(23-2)18(7-12)27(21,22)20-13-4-6-14-16(8-13)25-10-24-14/h3-9,20H,10H2,1-2H3. The average molecular weight is 388 g/mol. The first kappa shape index (κ1) is 17.2. The molecule has 0 atom stereocenters. The molecular weight excluding hydrogens is 372 g/mol. The van der Waals surface area contributed by atoms with Crippen LogP contribution in [0.25, 0.3) is 11.3 Å². The zero-order chi connectivity index (χ0) is 19.0. The molecule has 0 saturated carbocycles. The third kappa shape index (κ3) is 3.28. The number of anilines is 1. The molecular formula is C18H16N2O6S. The van der Waals surface area contributed by atoms with Gasteiger partial charge in [-0.3, -0.25) is 4.72 Å². The maximum Gasteiger partial charge on any atom is 0.265 e. The van der Waals surface area contributed by atoms with Gasteiger partial charge in [0, 0.05) is 18.6 Å². The van der Waals surface area contributed by atoms with Gasteiger partial charge in [0.15, 0.2) is 23.1 Å². The average Bonchev–Trinajstić information content (AvgIpc) is 3.29. The van der Waals surface area contributed by atoms with Crippen molar-refractivity contribution >= 4 is 15.7 Å². The van der Waals surface area contributed by atoms with Gasteiger partial charge in [0.1, 0.15) is 10.6 Å². The van der Waals surface area contributed by atoms with Gasteiger partial charge in [0.25, 0.3) is 10.0 Å². The fraction of sp³-hybridized carbons (Fsp3) is 0.167. The predicted octanol–water partition coefficient (Wildman–Crippen LogP) is 3.19. The van der Waals surface area contributed by atoms with Gasteiger partial charge >= 0.3 is 0 Å². The number of fused-ring (bicyclic) bond motifs is 1. The summed E-state index contributed by atoms with van der Waals surface area (Å²) in [7, 11) is -2.52. The second-order valence-electron chi connectivity index (χ2n) is 5.78. The van der Waals surface area contributed by atoms with E-state index in [9.17, 15) is 8.42 Å². The first-order chi connectivity index (χ1) is 13.0. The van der Waals surface area contributed by atoms with Crippen molar-refractivity contribution in [2.24, 2.45) is 0 Å². The highest BCUT2D eigenvalue weighted by Gasteiger charge is 2.23. The molecule has 0 spiro atoms. The molecule has 0 fully saturated rings. The van der Waals surface area contributed by atoms with Crippen LogP contribution in [0.1, 0.15) is 5.89 Å². The minimum Gasteiger partial charge on any atom is -0.495 e. The maximum atomic E-state index is 13.0. The molecule has 1 aliphatic rings. The molecule has 0 radical (unpaired) electrons. The summed E-state index contributed by atoms with van der Waals surface area (Å²) in [5.41, 5.74) is 0.921. The van der Waals surface area contributed by atoms with Crippen LogP contribution in [0.15, 0.2) is 51.9 Å². The van der Waals surface area contributed by atoms with E-state index in [0.717, 1.165) is 0 Å². The van der Waals surface area contributed by atoms with Crippen molar-refractivity contribution in [2.75, 3.05) is 18.6 Å². The van der Waals surface area contributed by atoms with E-state index < -0.39 is 10.0 Å². The van der Waals surface area contributed by atoms with Crippen LogP contribution in [0, 0.1) is 6.92 Å². The number of hydrogen-bond acceptors (Lipinski definition) is 7. The Labute approximate surface area is 155 Å². The minimum atomic E-state index is -3.93. The summed E-state index contributed by atoms with van der Waals surface area (Å²) >= 11 is 0. The monoisotopic (exact) mass is 388 g/mol. The first-order valence-electron chi connectivity index (χ1n) is 7.99. The quantitative estimate of drug-likeness (QED) is 0.716. The Hall–Kier alpha value is -3.20. The Morgan fingerprint density at radius 3 is 2.67 bits per heavy atom. The fourth-order valence-electron chi connectivity index (χ4n) is 2.70. The molecule has 0 amide bonds. The SMILES string of the molecule is COc1ccc(-c2cnc(C)o2)cc1S(=O)(=O)Nc1ccc2c(c1)OCO2. The van der Waals surface area contributed by atoms with Gasteiger partial charge < -0.3 is 18.6 Å². The Balaban J connectivity index is 1.71. The molecule has 1 aliphatic heterocycles. The van der Waals surface area contributed by atoms with Crippen LogP contribution in [-0.4, -0.2) is 27.3 Å². The first-order valence-corrected chi connectivity index (χ1v) is 9.48. The minimum absolute atomic E-state index is 0.0192. The number of sulfonamides is 1. The molecule has 2 aromatic carbocycles. The summed E-state index contributed by atoms with van der Waals surface area (Å²) in [5, 5.41) is 0. The summed E-state index contributed by atoms with van der Waals surface area (Å²) in [5.74, 6) is 2.22. The third-order valence-electron chi connectivity index (χ3n) is 3.98. The Kier molecular flexibility index (Phi) is 4.15. The van der Waals surface area contributed by atoms with E-state index >= 15 is 0 Å². The number of rotatable bonds is 5. The molecule has 0 aliphatic carbocycles. The lowest BCUT2D eigenvalue weighted by molar-refractivity contribution is 0.174. The molecule has 0 saturated heterocycles. The molecule has 1 aromatic heterocycles. The van der Waals surface area contributed by atoms with Crippen molar-refractivity contribution in [1.29, 1.82) is 0 Å². The van der Waals surface area contributed by atoms with Crippen LogP contribution in [0.3, 0.4) is 0 Å². The lowest BCUT2D eigenvalue weighted by Crippen LogP contribution is -2.14. The normalized spacial score (nSPS) is 12.8. The second kappa shape index (κ2) is 6.51. The van der Waals surface area contributed by atoms with Crippen molar-refractivity contribution in [1.82, 2.24) is 4.98 Å². The summed E-state index contributed by atoms with van der Waals surface area (Å²) in [4.78, 5) is 4.02. The van der Waals surface area contributed by atoms with Crippen molar-refractivity contribution in [2.45, 2.75) is 11.8 Å². The lowest BCUT2D eigenvalue weighted by atomic mass is 10.2. The van der Waals surface area contributed by atoms with Crippen molar-refractivity contribution in [3.05, 3.63) is 48.5 Å². The number of nitrogens with one attached hydrogen (secondary N) is 1. The van der Waals surface area contributed by atoms with Gasteiger partial charge in [-0.15, -0.1) is 0 Å². The molecule has 140 valence electrons. The van der Waals surface area contributed by atoms with Crippen molar-refractivity contribution < 1.29 is 27.0 Å². The van der Waals surface area contributed by atoms with E-state index in [4.69, 9.17) is 18.6 Å². The van der Waals surface area contributed by atoms with Crippen molar-refractivity contribution in [3.63, 3.8) is 0 Å². The molecule has 0 unspecified atom stereocenters. The van der Waals surface area contributed by atoms with Gasteiger partial charge in [-0.25, -0.2) is 13.4 Å². The summed E-state index contributed by atoms with van der Waals surface area (Å²) < 4.78 is 49.7. The van der Waals surface area contributed by atoms with E-state index in [1.807, 2.05) is 0 Å². The number of oxazole rings is 1. The molecule has 9 heteroatoms. The topological polar surface area (TPSA) is 99.9 Å². The van der Waals surface area contributed by atoms with Crippen LogP contribution < -0.4 is 18.9 Å². The van der Waals surface area contributed by atoms with E-state index in [1.165, 1.54) is 13.2 Å². The largest absolute Gasteiger partial charge is 0.495 e. The molecule has 0 bridgehead atoms. The summed E-state index contributed by atoms with van der Waals surface area (Å²) in [6, 6.07) is 9.57. The van der Waals surface area contributed by atoms with Crippen LogP contribution in [0.4, 0.5) is 5.69 Å². The number of ether oxygens (including phenoxy) is 3. The lowest BCUT2D eigenvalue weighted by Gasteiger charge is -2.13.